The average molecular weight is 435 g/mol. The highest BCUT2D eigenvalue weighted by Gasteiger charge is 2.44. The summed E-state index contributed by atoms with van der Waals surface area (Å²) in [7, 11) is 1.61. The fourth-order valence-electron chi connectivity index (χ4n) is 4.60. The van der Waals surface area contributed by atoms with E-state index in [0.29, 0.717) is 23.9 Å². The first-order valence-corrected chi connectivity index (χ1v) is 11.3. The zero-order valence-corrected chi connectivity index (χ0v) is 18.3. The summed E-state index contributed by atoms with van der Waals surface area (Å²) in [6, 6.07) is 5.74. The van der Waals surface area contributed by atoms with Crippen LogP contribution in [0.2, 0.25) is 5.02 Å². The topological polar surface area (TPSA) is 87.9 Å². The normalized spacial score (nSPS) is 25.6. The Kier molecular flexibility index (Phi) is 6.11. The minimum Gasteiger partial charge on any atom is -0.495 e. The number of nitrogens with two attached hydrogens (primary N) is 1. The van der Waals surface area contributed by atoms with Crippen molar-refractivity contribution in [1.29, 1.82) is 0 Å². The van der Waals surface area contributed by atoms with Gasteiger partial charge in [-0.3, -0.25) is 9.59 Å². The van der Waals surface area contributed by atoms with Gasteiger partial charge in [0.15, 0.2) is 0 Å². The van der Waals surface area contributed by atoms with Crippen molar-refractivity contribution in [2.45, 2.75) is 44.2 Å². The lowest BCUT2D eigenvalue weighted by molar-refractivity contribution is -0.144. The van der Waals surface area contributed by atoms with Crippen LogP contribution < -0.4 is 20.7 Å². The Balaban J connectivity index is 1.37. The first kappa shape index (κ1) is 21.2. The van der Waals surface area contributed by atoms with Crippen LogP contribution in [0.5, 0.6) is 5.75 Å². The number of benzene rings is 1. The van der Waals surface area contributed by atoms with Crippen LogP contribution in [0.1, 0.15) is 38.5 Å². The number of carbonyl (C=O) groups is 2. The number of rotatable bonds is 5. The van der Waals surface area contributed by atoms with Crippen molar-refractivity contribution in [3.05, 3.63) is 23.2 Å². The molecular weight excluding hydrogens is 404 g/mol. The molecule has 3 fully saturated rings. The van der Waals surface area contributed by atoms with Gasteiger partial charge in [-0.05, 0) is 37.8 Å². The van der Waals surface area contributed by atoms with Gasteiger partial charge in [0.05, 0.1) is 17.8 Å². The van der Waals surface area contributed by atoms with E-state index in [-0.39, 0.29) is 23.7 Å². The first-order chi connectivity index (χ1) is 14.4. The molecule has 2 atom stereocenters. The van der Waals surface area contributed by atoms with E-state index < -0.39 is 5.66 Å². The van der Waals surface area contributed by atoms with E-state index in [1.165, 1.54) is 0 Å². The van der Waals surface area contributed by atoms with Crippen molar-refractivity contribution in [3.63, 3.8) is 0 Å². The summed E-state index contributed by atoms with van der Waals surface area (Å²) in [6.07, 6.45) is 5.18. The van der Waals surface area contributed by atoms with E-state index in [0.717, 1.165) is 57.3 Å². The summed E-state index contributed by atoms with van der Waals surface area (Å²) >= 11 is 6.13. The van der Waals surface area contributed by atoms with E-state index in [4.69, 9.17) is 22.1 Å². The van der Waals surface area contributed by atoms with Crippen molar-refractivity contribution >= 4 is 29.1 Å². The van der Waals surface area contributed by atoms with Crippen LogP contribution in [-0.2, 0) is 9.59 Å². The van der Waals surface area contributed by atoms with Crippen LogP contribution in [0.4, 0.5) is 5.69 Å². The Bertz CT molecular complexity index is 806. The van der Waals surface area contributed by atoms with Crippen molar-refractivity contribution in [1.82, 2.24) is 10.2 Å². The van der Waals surface area contributed by atoms with Crippen molar-refractivity contribution in [2.24, 2.45) is 17.6 Å². The number of anilines is 1. The van der Waals surface area contributed by atoms with Gasteiger partial charge in [0.25, 0.3) is 0 Å². The maximum absolute atomic E-state index is 13.3. The Hall–Kier alpha value is -1.99. The molecule has 164 valence electrons. The average Bonchev–Trinajstić information content (AvgIpc) is 3.50. The molecule has 1 heterocycles. The fraction of sp³-hybridized carbons (Fsp3) is 0.636. The second-order valence-electron chi connectivity index (χ2n) is 8.77. The van der Waals surface area contributed by atoms with Crippen molar-refractivity contribution < 1.29 is 14.3 Å². The van der Waals surface area contributed by atoms with Crippen LogP contribution in [0.25, 0.3) is 0 Å². The summed E-state index contributed by atoms with van der Waals surface area (Å²) in [5, 5.41) is 3.55. The maximum atomic E-state index is 13.3. The van der Waals surface area contributed by atoms with E-state index in [9.17, 15) is 9.59 Å². The summed E-state index contributed by atoms with van der Waals surface area (Å²) in [5.74, 6) is 0.233. The predicted molar refractivity (Wildman–Crippen MR) is 117 cm³/mol. The number of hydrogen-bond donors (Lipinski definition) is 2. The van der Waals surface area contributed by atoms with Gasteiger partial charge in [-0.2, -0.15) is 0 Å². The summed E-state index contributed by atoms with van der Waals surface area (Å²) in [6.45, 7) is 2.78. The first-order valence-electron chi connectivity index (χ1n) is 10.9. The van der Waals surface area contributed by atoms with Gasteiger partial charge in [-0.1, -0.05) is 24.4 Å². The molecule has 0 radical (unpaired) electrons. The van der Waals surface area contributed by atoms with E-state index in [2.05, 4.69) is 10.2 Å². The number of amides is 2. The van der Waals surface area contributed by atoms with Crippen LogP contribution in [0.3, 0.4) is 0 Å². The highest BCUT2D eigenvalue weighted by molar-refractivity contribution is 6.32. The van der Waals surface area contributed by atoms with Crippen molar-refractivity contribution in [2.75, 3.05) is 38.2 Å². The fourth-order valence-corrected chi connectivity index (χ4v) is 4.80. The lowest BCUT2D eigenvalue weighted by atomic mass is 9.77. The molecule has 3 aliphatic rings. The highest BCUT2D eigenvalue weighted by Crippen LogP contribution is 2.35. The van der Waals surface area contributed by atoms with E-state index in [1.54, 1.807) is 7.11 Å². The monoisotopic (exact) mass is 434 g/mol. The minimum absolute atomic E-state index is 0.0417. The Morgan fingerprint density at radius 2 is 1.80 bits per heavy atom. The molecule has 1 aliphatic heterocycles. The lowest BCUT2D eigenvalue weighted by Gasteiger charge is -2.40. The standard InChI is InChI=1S/C22H31ClN4O3/c1-30-19-14-15(6-7-18(19)23)26-10-12-27(13-11-26)21(29)17-5-3-2-4-16(17)20(28)25-22(24)8-9-22/h6-7,14,16-17H,2-5,8-13,24H2,1H3,(H,25,28)/t16-,17-/m1/s1. The molecule has 8 heteroatoms. The Morgan fingerprint density at radius 1 is 1.13 bits per heavy atom. The third-order valence-corrected chi connectivity index (χ3v) is 6.98. The van der Waals surface area contributed by atoms with Gasteiger partial charge in [-0.15, -0.1) is 0 Å². The third kappa shape index (κ3) is 4.52. The largest absolute Gasteiger partial charge is 0.495 e. The molecule has 7 nitrogen and oxygen atoms in total. The van der Waals surface area contributed by atoms with Crippen LogP contribution in [-0.4, -0.2) is 55.7 Å². The molecule has 2 amide bonds. The number of nitrogens with one attached hydrogen (secondary N) is 1. The Morgan fingerprint density at radius 3 is 2.43 bits per heavy atom. The number of piperazine rings is 1. The number of carbonyl (C=O) groups excluding carboxylic acids is 2. The second kappa shape index (κ2) is 8.63. The van der Waals surface area contributed by atoms with Crippen LogP contribution in [0, 0.1) is 11.8 Å². The molecular formula is C22H31ClN4O3. The smallest absolute Gasteiger partial charge is 0.226 e. The van der Waals surface area contributed by atoms with Gasteiger partial charge < -0.3 is 25.6 Å². The molecule has 4 rings (SSSR count). The summed E-state index contributed by atoms with van der Waals surface area (Å²) in [4.78, 5) is 30.2. The molecule has 1 saturated heterocycles. The molecule has 0 spiro atoms. The molecule has 3 N–H and O–H groups in total. The number of nitrogens with zero attached hydrogens (tertiary/aromatic N) is 2. The van der Waals surface area contributed by atoms with Gasteiger partial charge >= 0.3 is 0 Å². The quantitative estimate of drug-likeness (QED) is 0.694. The molecule has 0 aromatic heterocycles. The molecule has 30 heavy (non-hydrogen) atoms. The summed E-state index contributed by atoms with van der Waals surface area (Å²) in [5.41, 5.74) is 6.57. The minimum atomic E-state index is -0.534. The molecule has 1 aromatic rings. The molecule has 2 aliphatic carbocycles. The van der Waals surface area contributed by atoms with Crippen LogP contribution >= 0.6 is 11.6 Å². The summed E-state index contributed by atoms with van der Waals surface area (Å²) < 4.78 is 5.32. The molecule has 1 aromatic carbocycles. The SMILES string of the molecule is COc1cc(N2CCN(C(=O)[C@@H]3CCCC[C@H]3C(=O)NC3(N)CC3)CC2)ccc1Cl. The highest BCUT2D eigenvalue weighted by atomic mass is 35.5. The number of methoxy groups -OCH3 is 1. The van der Waals surface area contributed by atoms with Crippen molar-refractivity contribution in [3.8, 4) is 5.75 Å². The lowest BCUT2D eigenvalue weighted by Crippen LogP contribution is -2.54. The number of ether oxygens (including phenoxy) is 1. The third-order valence-electron chi connectivity index (χ3n) is 6.67. The van der Waals surface area contributed by atoms with Crippen LogP contribution in [0.15, 0.2) is 18.2 Å². The molecule has 0 bridgehead atoms. The van der Waals surface area contributed by atoms with Gasteiger partial charge in [-0.25, -0.2) is 0 Å². The Labute approximate surface area is 182 Å². The van der Waals surface area contributed by atoms with Gasteiger partial charge in [0, 0.05) is 49.8 Å². The van der Waals surface area contributed by atoms with E-state index in [1.807, 2.05) is 23.1 Å². The maximum Gasteiger partial charge on any atom is 0.226 e. The van der Waals surface area contributed by atoms with E-state index >= 15 is 0 Å². The number of halogens is 1. The van der Waals surface area contributed by atoms with Gasteiger partial charge in [0.1, 0.15) is 5.75 Å². The predicted octanol–water partition coefficient (Wildman–Crippen LogP) is 2.37. The molecule has 2 saturated carbocycles. The second-order valence-corrected chi connectivity index (χ2v) is 9.18. The van der Waals surface area contributed by atoms with Gasteiger partial charge in [0.2, 0.25) is 11.8 Å². The zero-order valence-electron chi connectivity index (χ0n) is 17.5. The molecule has 0 unspecified atom stereocenters. The zero-order chi connectivity index (χ0) is 21.3. The number of hydrogen-bond acceptors (Lipinski definition) is 5.